The lowest BCUT2D eigenvalue weighted by Gasteiger charge is -2.31. The van der Waals surface area contributed by atoms with Crippen LogP contribution in [0, 0.1) is 12.7 Å². The highest BCUT2D eigenvalue weighted by Gasteiger charge is 2.46. The number of halogens is 1. The predicted molar refractivity (Wildman–Crippen MR) is 136 cm³/mol. The zero-order valence-corrected chi connectivity index (χ0v) is 21.8. The number of nitrogens with zero attached hydrogens (tertiary/aromatic N) is 2. The predicted octanol–water partition coefficient (Wildman–Crippen LogP) is 1.64. The molecule has 3 N–H and O–H groups in total. The quantitative estimate of drug-likeness (QED) is 0.327. The maximum atomic E-state index is 15.0. The van der Waals surface area contributed by atoms with Crippen molar-refractivity contribution in [3.63, 3.8) is 0 Å². The highest BCUT2D eigenvalue weighted by Crippen LogP contribution is 2.45. The Labute approximate surface area is 222 Å². The van der Waals surface area contributed by atoms with Crippen molar-refractivity contribution in [3.05, 3.63) is 61.7 Å². The number of hydrogen-bond acceptors (Lipinski definition) is 8. The van der Waals surface area contributed by atoms with Crippen molar-refractivity contribution in [1.29, 1.82) is 0 Å². The summed E-state index contributed by atoms with van der Waals surface area (Å²) in [5.41, 5.74) is 1.89. The first-order chi connectivity index (χ1) is 18.6. The van der Waals surface area contributed by atoms with E-state index in [2.05, 4.69) is 5.32 Å². The first-order valence-electron chi connectivity index (χ1n) is 12.9. The second-order valence-corrected chi connectivity index (χ2v) is 10.4. The lowest BCUT2D eigenvalue weighted by molar-refractivity contribution is -0.172. The smallest absolute Gasteiger partial charge is 0.343 e. The van der Waals surface area contributed by atoms with E-state index in [4.69, 9.17) is 14.5 Å². The molecular weight excluding hydrogens is 509 g/mol. The molecule has 39 heavy (non-hydrogen) atoms. The Bertz CT molecular complexity index is 1650. The van der Waals surface area contributed by atoms with Crippen molar-refractivity contribution in [2.75, 3.05) is 13.7 Å². The normalized spacial score (nSPS) is 21.7. The molecule has 204 valence electrons. The van der Waals surface area contributed by atoms with Crippen LogP contribution in [0.15, 0.2) is 16.9 Å². The molecule has 0 unspecified atom stereocenters. The number of nitrogens with one attached hydrogen (secondary N) is 1. The van der Waals surface area contributed by atoms with Gasteiger partial charge in [0.05, 0.1) is 41.7 Å². The van der Waals surface area contributed by atoms with Crippen molar-refractivity contribution in [1.82, 2.24) is 14.9 Å². The number of aliphatic hydroxyl groups excluding tert-OH is 1. The van der Waals surface area contributed by atoms with Crippen molar-refractivity contribution >= 4 is 22.8 Å². The van der Waals surface area contributed by atoms with Gasteiger partial charge in [0.15, 0.2) is 11.7 Å². The lowest BCUT2D eigenvalue weighted by Crippen LogP contribution is -2.44. The summed E-state index contributed by atoms with van der Waals surface area (Å²) >= 11 is 0. The fourth-order valence-electron chi connectivity index (χ4n) is 6.20. The zero-order valence-electron chi connectivity index (χ0n) is 21.8. The maximum absolute atomic E-state index is 15.0. The molecule has 0 radical (unpaired) electrons. The molecule has 1 amide bonds. The van der Waals surface area contributed by atoms with E-state index in [9.17, 15) is 29.0 Å². The monoisotopic (exact) mass is 537 g/mol. The van der Waals surface area contributed by atoms with Crippen LogP contribution >= 0.6 is 0 Å². The van der Waals surface area contributed by atoms with E-state index in [1.165, 1.54) is 17.7 Å². The average Bonchev–Trinajstić information content (AvgIpc) is 3.29. The van der Waals surface area contributed by atoms with Crippen LogP contribution < -0.4 is 10.9 Å². The number of fused-ring (bicyclic) bond motifs is 5. The number of cyclic esters (lactones) is 1. The van der Waals surface area contributed by atoms with Crippen LogP contribution in [0.2, 0.25) is 0 Å². The number of esters is 1. The van der Waals surface area contributed by atoms with Gasteiger partial charge in [-0.3, -0.25) is 9.59 Å². The topological polar surface area (TPSA) is 140 Å². The molecule has 1 aromatic carbocycles. The van der Waals surface area contributed by atoms with Crippen LogP contribution in [0.4, 0.5) is 4.39 Å². The van der Waals surface area contributed by atoms with Crippen LogP contribution in [0.5, 0.6) is 0 Å². The number of aromatic nitrogens is 2. The van der Waals surface area contributed by atoms with Gasteiger partial charge in [0.2, 0.25) is 0 Å². The van der Waals surface area contributed by atoms with E-state index in [-0.39, 0.29) is 37.3 Å². The van der Waals surface area contributed by atoms with Gasteiger partial charge in [-0.1, -0.05) is 6.92 Å². The van der Waals surface area contributed by atoms with Gasteiger partial charge in [-0.05, 0) is 48.9 Å². The van der Waals surface area contributed by atoms with E-state index < -0.39 is 41.0 Å². The van der Waals surface area contributed by atoms with E-state index in [1.54, 1.807) is 19.9 Å². The first kappa shape index (κ1) is 25.6. The summed E-state index contributed by atoms with van der Waals surface area (Å²) in [6.07, 6.45) is -0.416. The summed E-state index contributed by atoms with van der Waals surface area (Å²) in [5, 5.41) is 25.0. The molecule has 0 bridgehead atoms. The molecule has 0 fully saturated rings. The number of aryl methyl sites for hydroxylation is 1. The van der Waals surface area contributed by atoms with Crippen molar-refractivity contribution in [2.24, 2.45) is 0 Å². The first-order valence-corrected chi connectivity index (χ1v) is 12.9. The second-order valence-electron chi connectivity index (χ2n) is 10.4. The number of carbonyl (C=O) groups excluding carboxylic acids is 2. The molecular formula is C28H28FN3O7. The Morgan fingerprint density at radius 2 is 2.10 bits per heavy atom. The van der Waals surface area contributed by atoms with E-state index in [0.717, 1.165) is 16.5 Å². The maximum Gasteiger partial charge on any atom is 0.343 e. The van der Waals surface area contributed by atoms with Crippen molar-refractivity contribution in [3.8, 4) is 11.4 Å². The highest BCUT2D eigenvalue weighted by molar-refractivity contribution is 5.94. The molecule has 1 aliphatic carbocycles. The van der Waals surface area contributed by atoms with Gasteiger partial charge in [0.1, 0.15) is 12.4 Å². The molecule has 3 aliphatic rings. The molecule has 3 aromatic rings. The SMILES string of the molecule is CC[C@@]1(O)C(=O)OCc2c1cc1n(c2=O)Cc2c-1nc1cc(F)c(C)c3c1c2[C@@H](NC(=O)[C@H](O)COC)CC3. The van der Waals surface area contributed by atoms with Gasteiger partial charge < -0.3 is 29.6 Å². The van der Waals surface area contributed by atoms with Crippen molar-refractivity contribution < 1.29 is 33.7 Å². The van der Waals surface area contributed by atoms with Crippen molar-refractivity contribution in [2.45, 2.75) is 64.0 Å². The van der Waals surface area contributed by atoms with Gasteiger partial charge in [0.25, 0.3) is 11.5 Å². The van der Waals surface area contributed by atoms with E-state index in [1.807, 2.05) is 0 Å². The molecule has 2 aliphatic heterocycles. The summed E-state index contributed by atoms with van der Waals surface area (Å²) in [6.45, 7) is 3.05. The number of hydrogen-bond donors (Lipinski definition) is 3. The Hall–Kier alpha value is -3.67. The lowest BCUT2D eigenvalue weighted by atomic mass is 9.81. The fraction of sp³-hybridized carbons (Fsp3) is 0.429. The van der Waals surface area contributed by atoms with Crippen LogP contribution in [0.25, 0.3) is 22.3 Å². The number of methoxy groups -OCH3 is 1. The molecule has 4 heterocycles. The third kappa shape index (κ3) is 3.56. The number of benzene rings is 1. The van der Waals surface area contributed by atoms with E-state index in [0.29, 0.717) is 40.9 Å². The molecule has 10 nitrogen and oxygen atoms in total. The Morgan fingerprint density at radius 3 is 2.82 bits per heavy atom. The van der Waals surface area contributed by atoms with Crippen LogP contribution in [-0.4, -0.2) is 51.5 Å². The number of pyridine rings is 2. The molecule has 11 heteroatoms. The third-order valence-electron chi connectivity index (χ3n) is 8.32. The average molecular weight is 538 g/mol. The van der Waals surface area contributed by atoms with Gasteiger partial charge in [0, 0.05) is 29.7 Å². The molecule has 0 spiro atoms. The van der Waals surface area contributed by atoms with Gasteiger partial charge in [-0.15, -0.1) is 0 Å². The van der Waals surface area contributed by atoms with Crippen LogP contribution in [-0.2, 0) is 44.2 Å². The summed E-state index contributed by atoms with van der Waals surface area (Å²) < 4.78 is 26.6. The minimum Gasteiger partial charge on any atom is -0.458 e. The highest BCUT2D eigenvalue weighted by atomic mass is 19.1. The minimum absolute atomic E-state index is 0.0107. The van der Waals surface area contributed by atoms with E-state index >= 15 is 0 Å². The summed E-state index contributed by atoms with van der Waals surface area (Å²) in [7, 11) is 1.39. The standard InChI is InChI=1S/C28H28FN3O7/c1-4-28(37)16-7-20-24-14(9-32(20)26(35)15(16)10-39-27(28)36)23-18(31-25(34)21(33)11-38-3)6-5-13-12(2)17(29)8-19(30-24)22(13)23/h7-8,18,21,33,37H,4-6,9-11H2,1-3H3,(H,31,34)/t18-,21+,28-/m0/s1. The van der Waals surface area contributed by atoms with Gasteiger partial charge >= 0.3 is 5.97 Å². The second kappa shape index (κ2) is 8.94. The number of amides is 1. The number of aliphatic hydroxyl groups is 2. The Kier molecular flexibility index (Phi) is 5.87. The molecule has 6 rings (SSSR count). The summed E-state index contributed by atoms with van der Waals surface area (Å²) in [6, 6.07) is 2.42. The molecule has 2 aromatic heterocycles. The number of ether oxygens (including phenoxy) is 2. The van der Waals surface area contributed by atoms with Crippen LogP contribution in [0.3, 0.4) is 0 Å². The van der Waals surface area contributed by atoms with Gasteiger partial charge in [-0.25, -0.2) is 14.2 Å². The number of rotatable bonds is 5. The minimum atomic E-state index is -1.97. The largest absolute Gasteiger partial charge is 0.458 e. The zero-order chi connectivity index (χ0) is 27.8. The third-order valence-corrected chi connectivity index (χ3v) is 8.32. The summed E-state index contributed by atoms with van der Waals surface area (Å²) in [5.74, 6) is -1.83. The number of carbonyl (C=O) groups is 2. The molecule has 0 saturated carbocycles. The van der Waals surface area contributed by atoms with Gasteiger partial charge in [-0.2, -0.15) is 0 Å². The fourth-order valence-corrected chi connectivity index (χ4v) is 6.20. The van der Waals surface area contributed by atoms with Crippen LogP contribution in [0.1, 0.15) is 59.2 Å². The Balaban J connectivity index is 1.60. The summed E-state index contributed by atoms with van der Waals surface area (Å²) in [4.78, 5) is 43.7. The molecule has 0 saturated heterocycles. The Morgan fingerprint density at radius 1 is 1.33 bits per heavy atom. The molecule has 3 atom stereocenters.